The Morgan fingerprint density at radius 3 is 1.71 bits per heavy atom. The summed E-state index contributed by atoms with van der Waals surface area (Å²) in [5.41, 5.74) is 0. The third-order valence-electron chi connectivity index (χ3n) is 4.06. The van der Waals surface area contributed by atoms with Gasteiger partial charge in [0.05, 0.1) is 6.10 Å². The van der Waals surface area contributed by atoms with Crippen molar-refractivity contribution in [1.82, 2.24) is 0 Å². The summed E-state index contributed by atoms with van der Waals surface area (Å²) in [5.74, 6) is 0. The highest BCUT2D eigenvalue weighted by Crippen LogP contribution is 2.13. The first-order valence-electron chi connectivity index (χ1n) is 9.18. The average molecular weight is 302 g/mol. The van der Waals surface area contributed by atoms with E-state index in [9.17, 15) is 5.11 Å². The second kappa shape index (κ2) is 17.9. The first-order valence-corrected chi connectivity index (χ1v) is 9.18. The van der Waals surface area contributed by atoms with E-state index in [4.69, 9.17) is 9.84 Å². The Labute approximate surface area is 132 Å². The van der Waals surface area contributed by atoms with E-state index in [1.54, 1.807) is 0 Å². The summed E-state index contributed by atoms with van der Waals surface area (Å²) in [7, 11) is 0. The van der Waals surface area contributed by atoms with Gasteiger partial charge in [0.1, 0.15) is 6.79 Å². The van der Waals surface area contributed by atoms with E-state index in [2.05, 4.69) is 6.92 Å². The molecule has 3 nitrogen and oxygen atoms in total. The second-order valence-corrected chi connectivity index (χ2v) is 6.16. The van der Waals surface area contributed by atoms with E-state index < -0.39 is 0 Å². The van der Waals surface area contributed by atoms with Crippen molar-refractivity contribution in [3.8, 4) is 0 Å². The molecule has 0 rings (SSSR count). The Bertz CT molecular complexity index is 185. The lowest BCUT2D eigenvalue weighted by Gasteiger charge is -2.10. The maximum atomic E-state index is 9.86. The smallest absolute Gasteiger partial charge is 0.143 e. The van der Waals surface area contributed by atoms with Gasteiger partial charge in [-0.25, -0.2) is 0 Å². The third-order valence-corrected chi connectivity index (χ3v) is 4.06. The molecular formula is C18H38O3. The van der Waals surface area contributed by atoms with Crippen molar-refractivity contribution in [3.63, 3.8) is 0 Å². The van der Waals surface area contributed by atoms with Gasteiger partial charge in [-0.15, -0.1) is 0 Å². The molecule has 0 radical (unpaired) electrons. The zero-order valence-electron chi connectivity index (χ0n) is 14.2. The quantitative estimate of drug-likeness (QED) is 0.300. The molecule has 0 amide bonds. The molecule has 0 bridgehead atoms. The van der Waals surface area contributed by atoms with E-state index in [1.807, 2.05) is 0 Å². The van der Waals surface area contributed by atoms with Gasteiger partial charge in [0, 0.05) is 6.61 Å². The van der Waals surface area contributed by atoms with Crippen LogP contribution >= 0.6 is 0 Å². The van der Waals surface area contributed by atoms with Gasteiger partial charge >= 0.3 is 0 Å². The fourth-order valence-electron chi connectivity index (χ4n) is 2.66. The normalized spacial score (nSPS) is 12.7. The average Bonchev–Trinajstić information content (AvgIpc) is 2.49. The van der Waals surface area contributed by atoms with Gasteiger partial charge in [-0.2, -0.15) is 0 Å². The highest BCUT2D eigenvalue weighted by Gasteiger charge is 2.03. The topological polar surface area (TPSA) is 49.7 Å². The fourth-order valence-corrected chi connectivity index (χ4v) is 2.66. The molecule has 0 aromatic heterocycles. The summed E-state index contributed by atoms with van der Waals surface area (Å²) < 4.78 is 4.89. The maximum Gasteiger partial charge on any atom is 0.143 e. The molecule has 128 valence electrons. The van der Waals surface area contributed by atoms with Gasteiger partial charge in [-0.05, 0) is 19.3 Å². The number of ether oxygens (including phenoxy) is 1. The van der Waals surface area contributed by atoms with Crippen LogP contribution in [-0.4, -0.2) is 29.7 Å². The predicted octanol–water partition coefficient (Wildman–Crippen LogP) is 4.80. The Kier molecular flexibility index (Phi) is 17.8. The molecule has 1 unspecified atom stereocenters. The summed E-state index contributed by atoms with van der Waals surface area (Å²) in [6.07, 6.45) is 16.9. The molecule has 1 atom stereocenters. The van der Waals surface area contributed by atoms with Crippen LogP contribution in [-0.2, 0) is 4.74 Å². The summed E-state index contributed by atoms with van der Waals surface area (Å²) in [6.45, 7) is 2.76. The zero-order valence-corrected chi connectivity index (χ0v) is 14.2. The number of unbranched alkanes of at least 4 members (excludes halogenated alkanes) is 10. The zero-order chi connectivity index (χ0) is 15.6. The van der Waals surface area contributed by atoms with E-state index in [-0.39, 0.29) is 12.9 Å². The summed E-state index contributed by atoms with van der Waals surface area (Å²) in [6, 6.07) is 0. The van der Waals surface area contributed by atoms with E-state index >= 15 is 0 Å². The van der Waals surface area contributed by atoms with Crippen LogP contribution in [0.4, 0.5) is 0 Å². The van der Waals surface area contributed by atoms with Crippen LogP contribution in [0.3, 0.4) is 0 Å². The standard InChI is InChI=1S/C18H38O3/c1-2-3-4-11-14-18(20)15-12-9-7-5-6-8-10-13-16-21-17-19/h18-20H,2-17H2,1H3. The van der Waals surface area contributed by atoms with E-state index in [0.717, 1.165) is 19.3 Å². The first kappa shape index (κ1) is 20.9. The Balaban J connectivity index is 3.07. The summed E-state index contributed by atoms with van der Waals surface area (Å²) in [5, 5.41) is 18.3. The number of aliphatic hydroxyl groups excluding tert-OH is 2. The molecule has 0 heterocycles. The van der Waals surface area contributed by atoms with Gasteiger partial charge in [0.25, 0.3) is 0 Å². The number of aliphatic hydroxyl groups is 2. The number of rotatable bonds is 17. The second-order valence-electron chi connectivity index (χ2n) is 6.16. The lowest BCUT2D eigenvalue weighted by molar-refractivity contribution is -0.00284. The van der Waals surface area contributed by atoms with E-state index in [0.29, 0.717) is 6.61 Å². The largest absolute Gasteiger partial charge is 0.393 e. The third kappa shape index (κ3) is 17.8. The molecule has 21 heavy (non-hydrogen) atoms. The van der Waals surface area contributed by atoms with Crippen molar-refractivity contribution in [2.24, 2.45) is 0 Å². The maximum absolute atomic E-state index is 9.86. The van der Waals surface area contributed by atoms with Crippen LogP contribution < -0.4 is 0 Å². The molecule has 0 aliphatic carbocycles. The Morgan fingerprint density at radius 2 is 1.19 bits per heavy atom. The molecular weight excluding hydrogens is 264 g/mol. The molecule has 0 spiro atoms. The number of hydrogen-bond acceptors (Lipinski definition) is 3. The van der Waals surface area contributed by atoms with Crippen LogP contribution in [0, 0.1) is 0 Å². The lowest BCUT2D eigenvalue weighted by atomic mass is 10.0. The van der Waals surface area contributed by atoms with Crippen LogP contribution in [0.15, 0.2) is 0 Å². The molecule has 0 aliphatic rings. The first-order chi connectivity index (χ1) is 10.3. The van der Waals surface area contributed by atoms with Crippen LogP contribution in [0.1, 0.15) is 96.8 Å². The van der Waals surface area contributed by atoms with Gasteiger partial charge in [0.2, 0.25) is 0 Å². The molecule has 2 N–H and O–H groups in total. The minimum Gasteiger partial charge on any atom is -0.393 e. The highest BCUT2D eigenvalue weighted by molar-refractivity contribution is 4.57. The van der Waals surface area contributed by atoms with Gasteiger partial charge in [-0.3, -0.25) is 0 Å². The molecule has 0 aromatic carbocycles. The van der Waals surface area contributed by atoms with Crippen LogP contribution in [0.25, 0.3) is 0 Å². The van der Waals surface area contributed by atoms with Crippen LogP contribution in [0.5, 0.6) is 0 Å². The molecule has 0 saturated heterocycles. The fraction of sp³-hybridized carbons (Fsp3) is 1.00. The summed E-state index contributed by atoms with van der Waals surface area (Å²) >= 11 is 0. The molecule has 0 fully saturated rings. The minimum atomic E-state index is -0.148. The molecule has 0 aliphatic heterocycles. The number of hydrogen-bond donors (Lipinski definition) is 2. The van der Waals surface area contributed by atoms with Crippen molar-refractivity contribution in [3.05, 3.63) is 0 Å². The monoisotopic (exact) mass is 302 g/mol. The summed E-state index contributed by atoms with van der Waals surface area (Å²) in [4.78, 5) is 0. The van der Waals surface area contributed by atoms with Crippen molar-refractivity contribution >= 4 is 0 Å². The minimum absolute atomic E-state index is 0.0617. The van der Waals surface area contributed by atoms with Crippen molar-refractivity contribution in [1.29, 1.82) is 0 Å². The molecule has 3 heteroatoms. The van der Waals surface area contributed by atoms with Crippen LogP contribution in [0.2, 0.25) is 0 Å². The van der Waals surface area contributed by atoms with Gasteiger partial charge < -0.3 is 14.9 Å². The molecule has 0 aromatic rings. The van der Waals surface area contributed by atoms with Gasteiger partial charge in [-0.1, -0.05) is 77.6 Å². The highest BCUT2D eigenvalue weighted by atomic mass is 16.6. The van der Waals surface area contributed by atoms with Gasteiger partial charge in [0.15, 0.2) is 0 Å². The van der Waals surface area contributed by atoms with E-state index in [1.165, 1.54) is 70.6 Å². The molecule has 0 saturated carbocycles. The Morgan fingerprint density at radius 1 is 0.714 bits per heavy atom. The lowest BCUT2D eigenvalue weighted by Crippen LogP contribution is -2.05. The predicted molar refractivity (Wildman–Crippen MR) is 89.4 cm³/mol. The van der Waals surface area contributed by atoms with Crippen molar-refractivity contribution in [2.45, 2.75) is 103 Å². The van der Waals surface area contributed by atoms with Crippen molar-refractivity contribution < 1.29 is 14.9 Å². The SMILES string of the molecule is CCCCCCC(O)CCCCCCCCCCOCO. The Hall–Kier alpha value is -0.120. The van der Waals surface area contributed by atoms with Crippen molar-refractivity contribution in [2.75, 3.05) is 13.4 Å².